The fraction of sp³-hybridized carbons (Fsp3) is 0.696. The van der Waals surface area contributed by atoms with E-state index in [0.717, 1.165) is 6.42 Å². The summed E-state index contributed by atoms with van der Waals surface area (Å²) in [6.07, 6.45) is 15.9. The van der Waals surface area contributed by atoms with Gasteiger partial charge >= 0.3 is 0 Å². The van der Waals surface area contributed by atoms with E-state index in [-0.39, 0.29) is 0 Å². The van der Waals surface area contributed by atoms with E-state index in [4.69, 9.17) is 0 Å². The highest BCUT2D eigenvalue weighted by atomic mass is 15.1. The molecule has 0 aliphatic heterocycles. The van der Waals surface area contributed by atoms with Crippen molar-refractivity contribution in [1.82, 2.24) is 4.90 Å². The van der Waals surface area contributed by atoms with E-state index in [2.05, 4.69) is 49.1 Å². The first-order chi connectivity index (χ1) is 11.9. The van der Waals surface area contributed by atoms with E-state index in [1.807, 2.05) is 0 Å². The monoisotopic (exact) mass is 330 g/mol. The van der Waals surface area contributed by atoms with Crippen molar-refractivity contribution in [1.29, 1.82) is 0 Å². The van der Waals surface area contributed by atoms with Crippen molar-refractivity contribution in [3.63, 3.8) is 0 Å². The Balaban J connectivity index is 2.14. The van der Waals surface area contributed by atoms with Crippen molar-refractivity contribution >= 4 is 0 Å². The van der Waals surface area contributed by atoms with Gasteiger partial charge in [-0.1, -0.05) is 89.1 Å². The molecule has 137 valence electrons. The van der Waals surface area contributed by atoms with Gasteiger partial charge in [-0.25, -0.2) is 0 Å². The lowest BCUT2D eigenvalue weighted by molar-refractivity contribution is 0.255. The standard InChI is InChI=1S/C23H40N/c1-3-5-7-14-20-24(21-15-8-6-4-2)22-16-10-13-19-23-17-11-9-12-18-23/h9,11-12,17-18H,1,3-8,10,13-16,19-22H2,2H3. The van der Waals surface area contributed by atoms with E-state index in [9.17, 15) is 0 Å². The number of hydrogen-bond donors (Lipinski definition) is 0. The van der Waals surface area contributed by atoms with E-state index in [0.29, 0.717) is 0 Å². The van der Waals surface area contributed by atoms with Crippen LogP contribution in [0.1, 0.15) is 83.1 Å². The number of nitrogens with zero attached hydrogens (tertiary/aromatic N) is 1. The first-order valence-electron chi connectivity index (χ1n) is 10.4. The van der Waals surface area contributed by atoms with Crippen molar-refractivity contribution in [3.8, 4) is 0 Å². The van der Waals surface area contributed by atoms with Crippen LogP contribution in [0.3, 0.4) is 0 Å². The van der Waals surface area contributed by atoms with Crippen LogP contribution in [0.2, 0.25) is 0 Å². The lowest BCUT2D eigenvalue weighted by atomic mass is 10.1. The van der Waals surface area contributed by atoms with Crippen LogP contribution in [0, 0.1) is 6.92 Å². The Bertz CT molecular complexity index is 348. The molecule has 0 bridgehead atoms. The molecule has 0 aliphatic rings. The van der Waals surface area contributed by atoms with E-state index in [1.165, 1.54) is 95.8 Å². The maximum absolute atomic E-state index is 3.95. The summed E-state index contributed by atoms with van der Waals surface area (Å²) in [5.41, 5.74) is 1.49. The molecule has 0 saturated carbocycles. The van der Waals surface area contributed by atoms with Crippen LogP contribution in [0.15, 0.2) is 30.3 Å². The van der Waals surface area contributed by atoms with E-state index in [1.54, 1.807) is 0 Å². The average molecular weight is 331 g/mol. The van der Waals surface area contributed by atoms with Gasteiger partial charge in [-0.2, -0.15) is 0 Å². The molecule has 0 aromatic heterocycles. The van der Waals surface area contributed by atoms with Gasteiger partial charge in [0, 0.05) is 0 Å². The van der Waals surface area contributed by atoms with Gasteiger partial charge in [-0.3, -0.25) is 0 Å². The number of benzene rings is 1. The van der Waals surface area contributed by atoms with Crippen LogP contribution in [0.25, 0.3) is 0 Å². The van der Waals surface area contributed by atoms with Gasteiger partial charge in [0.25, 0.3) is 0 Å². The Hall–Kier alpha value is -0.820. The highest BCUT2D eigenvalue weighted by Gasteiger charge is 2.04. The normalized spacial score (nSPS) is 11.3. The van der Waals surface area contributed by atoms with Crippen molar-refractivity contribution < 1.29 is 0 Å². The van der Waals surface area contributed by atoms with Crippen LogP contribution < -0.4 is 0 Å². The molecule has 0 heterocycles. The first-order valence-corrected chi connectivity index (χ1v) is 10.4. The SMILES string of the molecule is [CH2]CCCCCN(CCCCCC)CCCCCc1ccccc1. The fourth-order valence-corrected chi connectivity index (χ4v) is 3.27. The summed E-state index contributed by atoms with van der Waals surface area (Å²) in [7, 11) is 0. The molecular weight excluding hydrogens is 290 g/mol. The number of rotatable bonds is 16. The van der Waals surface area contributed by atoms with E-state index >= 15 is 0 Å². The summed E-state index contributed by atoms with van der Waals surface area (Å²) in [5, 5.41) is 0. The van der Waals surface area contributed by atoms with Crippen LogP contribution in [-0.4, -0.2) is 24.5 Å². The van der Waals surface area contributed by atoms with Crippen molar-refractivity contribution in [3.05, 3.63) is 42.8 Å². The topological polar surface area (TPSA) is 3.24 Å². The maximum Gasteiger partial charge on any atom is -0.00187 e. The third-order valence-electron chi connectivity index (χ3n) is 4.83. The van der Waals surface area contributed by atoms with Gasteiger partial charge in [-0.05, 0) is 57.3 Å². The highest BCUT2D eigenvalue weighted by Crippen LogP contribution is 2.09. The predicted octanol–water partition coefficient (Wildman–Crippen LogP) is 6.68. The molecule has 0 atom stereocenters. The lowest BCUT2D eigenvalue weighted by Gasteiger charge is -2.22. The quantitative estimate of drug-likeness (QED) is 0.306. The number of aryl methyl sites for hydroxylation is 1. The smallest absolute Gasteiger partial charge is 0.00187 e. The Morgan fingerprint density at radius 1 is 0.708 bits per heavy atom. The van der Waals surface area contributed by atoms with Gasteiger partial charge in [-0.15, -0.1) is 0 Å². The predicted molar refractivity (Wildman–Crippen MR) is 108 cm³/mol. The third kappa shape index (κ3) is 11.7. The van der Waals surface area contributed by atoms with Gasteiger partial charge < -0.3 is 4.90 Å². The van der Waals surface area contributed by atoms with Crippen LogP contribution in [0.4, 0.5) is 0 Å². The molecule has 1 aromatic carbocycles. The summed E-state index contributed by atoms with van der Waals surface area (Å²) in [5.74, 6) is 0. The molecule has 24 heavy (non-hydrogen) atoms. The Morgan fingerprint density at radius 2 is 1.29 bits per heavy atom. The Morgan fingerprint density at radius 3 is 1.88 bits per heavy atom. The molecule has 1 nitrogen and oxygen atoms in total. The molecule has 1 radical (unpaired) electrons. The minimum atomic E-state index is 1.09. The minimum Gasteiger partial charge on any atom is -0.303 e. The Kier molecular flexibility index (Phi) is 13.9. The van der Waals surface area contributed by atoms with Gasteiger partial charge in [0.15, 0.2) is 0 Å². The molecule has 0 spiro atoms. The second kappa shape index (κ2) is 15.7. The zero-order valence-electron chi connectivity index (χ0n) is 16.1. The summed E-state index contributed by atoms with van der Waals surface area (Å²) in [6.45, 7) is 10.2. The molecule has 0 N–H and O–H groups in total. The number of unbranched alkanes of at least 4 members (excludes halogenated alkanes) is 8. The molecular formula is C23H40N. The van der Waals surface area contributed by atoms with Crippen molar-refractivity contribution in [2.24, 2.45) is 0 Å². The molecule has 0 aliphatic carbocycles. The second-order valence-electron chi connectivity index (χ2n) is 7.11. The van der Waals surface area contributed by atoms with Crippen molar-refractivity contribution in [2.75, 3.05) is 19.6 Å². The zero-order chi connectivity index (χ0) is 17.3. The zero-order valence-corrected chi connectivity index (χ0v) is 16.1. The van der Waals surface area contributed by atoms with Crippen molar-refractivity contribution in [2.45, 2.75) is 84.0 Å². The summed E-state index contributed by atoms with van der Waals surface area (Å²) < 4.78 is 0. The molecule has 1 aromatic rings. The van der Waals surface area contributed by atoms with Crippen LogP contribution in [-0.2, 0) is 6.42 Å². The molecule has 1 heteroatoms. The summed E-state index contributed by atoms with van der Waals surface area (Å²) in [4.78, 5) is 2.72. The largest absolute Gasteiger partial charge is 0.303 e. The first kappa shape index (κ1) is 21.2. The maximum atomic E-state index is 3.95. The van der Waals surface area contributed by atoms with Gasteiger partial charge in [0.2, 0.25) is 0 Å². The molecule has 0 unspecified atom stereocenters. The third-order valence-corrected chi connectivity index (χ3v) is 4.83. The van der Waals surface area contributed by atoms with Crippen LogP contribution in [0.5, 0.6) is 0 Å². The molecule has 1 rings (SSSR count). The number of hydrogen-bond acceptors (Lipinski definition) is 1. The Labute approximate surface area is 151 Å². The average Bonchev–Trinajstić information content (AvgIpc) is 2.62. The van der Waals surface area contributed by atoms with Gasteiger partial charge in [0.05, 0.1) is 0 Å². The summed E-state index contributed by atoms with van der Waals surface area (Å²) in [6, 6.07) is 10.9. The molecule has 0 amide bonds. The molecule has 0 saturated heterocycles. The minimum absolute atomic E-state index is 1.09. The lowest BCUT2D eigenvalue weighted by Crippen LogP contribution is -2.27. The van der Waals surface area contributed by atoms with Crippen LogP contribution >= 0.6 is 0 Å². The summed E-state index contributed by atoms with van der Waals surface area (Å²) >= 11 is 0. The van der Waals surface area contributed by atoms with Gasteiger partial charge in [0.1, 0.15) is 0 Å². The second-order valence-corrected chi connectivity index (χ2v) is 7.11. The highest BCUT2D eigenvalue weighted by molar-refractivity contribution is 5.14. The fourth-order valence-electron chi connectivity index (χ4n) is 3.27. The molecule has 0 fully saturated rings. The van der Waals surface area contributed by atoms with E-state index < -0.39 is 0 Å².